The summed E-state index contributed by atoms with van der Waals surface area (Å²) in [6, 6.07) is 18.3. The summed E-state index contributed by atoms with van der Waals surface area (Å²) in [6.07, 6.45) is 0. The van der Waals surface area contributed by atoms with E-state index in [-0.39, 0.29) is 16.5 Å². The highest BCUT2D eigenvalue weighted by molar-refractivity contribution is 7.89. The minimum atomic E-state index is -3.84. The van der Waals surface area contributed by atoms with Gasteiger partial charge >= 0.3 is 6.03 Å². The van der Waals surface area contributed by atoms with Crippen LogP contribution in [0.2, 0.25) is 0 Å². The highest BCUT2D eigenvalue weighted by Gasteiger charge is 2.20. The lowest BCUT2D eigenvalue weighted by molar-refractivity contribution is 0.212. The van der Waals surface area contributed by atoms with Gasteiger partial charge in [0.2, 0.25) is 15.9 Å². The van der Waals surface area contributed by atoms with Crippen molar-refractivity contribution in [1.29, 1.82) is 0 Å². The summed E-state index contributed by atoms with van der Waals surface area (Å²) in [7, 11) is -2.28. The van der Waals surface area contributed by atoms with E-state index in [0.717, 1.165) is 5.56 Å². The van der Waals surface area contributed by atoms with Gasteiger partial charge in [0, 0.05) is 16.7 Å². The molecule has 0 saturated heterocycles. The molecular weight excluding hydrogens is 460 g/mol. The average Bonchev–Trinajstić information content (AvgIpc) is 3.28. The largest absolute Gasteiger partial charge is 0.497 e. The molecule has 0 radical (unpaired) electrons. The number of anilines is 1. The van der Waals surface area contributed by atoms with Gasteiger partial charge in [-0.25, -0.2) is 23.3 Å². The van der Waals surface area contributed by atoms with Crippen LogP contribution in [0.4, 0.5) is 10.5 Å². The molecule has 0 fully saturated rings. The number of primary amides is 1. The summed E-state index contributed by atoms with van der Waals surface area (Å²) in [6.45, 7) is 0. The fourth-order valence-electron chi connectivity index (χ4n) is 3.25. The van der Waals surface area contributed by atoms with Gasteiger partial charge in [-0.05, 0) is 72.8 Å². The fourth-order valence-corrected chi connectivity index (χ4v) is 3.77. The van der Waals surface area contributed by atoms with E-state index in [1.807, 2.05) is 12.1 Å². The van der Waals surface area contributed by atoms with E-state index >= 15 is 0 Å². The van der Waals surface area contributed by atoms with Gasteiger partial charge in [0.05, 0.1) is 17.7 Å². The van der Waals surface area contributed by atoms with Gasteiger partial charge < -0.3 is 14.9 Å². The van der Waals surface area contributed by atoms with Crippen molar-refractivity contribution in [1.82, 2.24) is 4.98 Å². The topological polar surface area (TPSA) is 162 Å². The Morgan fingerprint density at radius 2 is 1.50 bits per heavy atom. The van der Waals surface area contributed by atoms with Gasteiger partial charge in [-0.1, -0.05) is 0 Å². The van der Waals surface area contributed by atoms with Crippen LogP contribution in [0.3, 0.4) is 0 Å². The second kappa shape index (κ2) is 8.98. The number of aromatic nitrogens is 1. The quantitative estimate of drug-likeness (QED) is 0.280. The number of nitrogens with two attached hydrogens (primary N) is 2. The molecule has 11 heteroatoms. The molecule has 0 aliphatic heterocycles. The number of nitrogens with zero attached hydrogens (tertiary/aromatic N) is 2. The lowest BCUT2D eigenvalue weighted by atomic mass is 10.1. The summed E-state index contributed by atoms with van der Waals surface area (Å²) in [5.41, 5.74) is 7.68. The van der Waals surface area contributed by atoms with Crippen molar-refractivity contribution in [3.63, 3.8) is 0 Å². The first kappa shape index (κ1) is 23.0. The number of hydrogen-bond acceptors (Lipinski definition) is 7. The highest BCUT2D eigenvalue weighted by Crippen LogP contribution is 2.37. The second-order valence-corrected chi connectivity index (χ2v) is 8.75. The third-order valence-electron chi connectivity index (χ3n) is 5.00. The fraction of sp³-hybridized carbons (Fsp3) is 0.0435. The molecular formula is C23H20N4O6S. The van der Waals surface area contributed by atoms with E-state index in [9.17, 15) is 18.4 Å². The molecule has 174 valence electrons. The van der Waals surface area contributed by atoms with Crippen LogP contribution in [0.25, 0.3) is 34.0 Å². The molecule has 1 heterocycles. The van der Waals surface area contributed by atoms with Gasteiger partial charge in [-0.15, -0.1) is 0 Å². The SMILES string of the molecule is COc1ccc(-c2nc(-c3ccc(N(O)C(N)=O)cc3)oc2-c2ccc(S(N)(=O)=O)cc2)cc1. The number of benzene rings is 3. The Kier molecular flexibility index (Phi) is 6.07. The third-order valence-corrected chi connectivity index (χ3v) is 5.93. The molecule has 10 nitrogen and oxygen atoms in total. The number of urea groups is 1. The monoisotopic (exact) mass is 480 g/mol. The lowest BCUT2D eigenvalue weighted by Crippen LogP contribution is -2.32. The number of methoxy groups -OCH3 is 1. The molecule has 0 saturated carbocycles. The molecule has 0 atom stereocenters. The third kappa shape index (κ3) is 4.62. The first-order valence-corrected chi connectivity index (χ1v) is 11.4. The molecule has 0 aliphatic rings. The van der Waals surface area contributed by atoms with E-state index in [1.165, 1.54) is 24.3 Å². The van der Waals surface area contributed by atoms with Gasteiger partial charge in [-0.3, -0.25) is 5.21 Å². The van der Waals surface area contributed by atoms with E-state index < -0.39 is 16.1 Å². The van der Waals surface area contributed by atoms with Crippen molar-refractivity contribution in [2.24, 2.45) is 10.9 Å². The Morgan fingerprint density at radius 1 is 0.941 bits per heavy atom. The van der Waals surface area contributed by atoms with Gasteiger partial charge in [0.25, 0.3) is 0 Å². The maximum atomic E-state index is 11.6. The van der Waals surface area contributed by atoms with E-state index in [4.69, 9.17) is 20.0 Å². The molecule has 4 rings (SSSR count). The summed E-state index contributed by atoms with van der Waals surface area (Å²) in [5.74, 6) is 1.35. The van der Waals surface area contributed by atoms with Crippen molar-refractivity contribution in [2.45, 2.75) is 4.90 Å². The highest BCUT2D eigenvalue weighted by atomic mass is 32.2. The predicted octanol–water partition coefficient (Wildman–Crippen LogP) is 3.61. The molecule has 4 aromatic rings. The van der Waals surface area contributed by atoms with Crippen LogP contribution in [0.15, 0.2) is 82.1 Å². The number of sulfonamides is 1. The van der Waals surface area contributed by atoms with E-state index in [0.29, 0.717) is 33.4 Å². The summed E-state index contributed by atoms with van der Waals surface area (Å²) >= 11 is 0. The lowest BCUT2D eigenvalue weighted by Gasteiger charge is -2.11. The number of primary sulfonamides is 1. The van der Waals surface area contributed by atoms with Crippen molar-refractivity contribution in [3.05, 3.63) is 72.8 Å². The van der Waals surface area contributed by atoms with E-state index in [2.05, 4.69) is 4.98 Å². The minimum Gasteiger partial charge on any atom is -0.497 e. The maximum Gasteiger partial charge on any atom is 0.343 e. The molecule has 2 amide bonds. The minimum absolute atomic E-state index is 0.0272. The Bertz CT molecular complexity index is 1430. The Morgan fingerprint density at radius 3 is 2.03 bits per heavy atom. The smallest absolute Gasteiger partial charge is 0.343 e. The average molecular weight is 481 g/mol. The zero-order valence-corrected chi connectivity index (χ0v) is 18.7. The molecule has 0 unspecified atom stereocenters. The van der Waals surface area contributed by atoms with Crippen molar-refractivity contribution >= 4 is 21.7 Å². The van der Waals surface area contributed by atoms with Crippen LogP contribution < -0.4 is 20.7 Å². The zero-order valence-electron chi connectivity index (χ0n) is 17.9. The van der Waals surface area contributed by atoms with Crippen LogP contribution in [-0.2, 0) is 10.0 Å². The summed E-state index contributed by atoms with van der Waals surface area (Å²) < 4.78 is 34.5. The number of oxazole rings is 1. The standard InChI is InChI=1S/C23H20N4O6S/c1-32-18-10-4-14(5-11-18)20-21(15-6-12-19(13-7-15)34(25,30)31)33-22(26-20)16-2-8-17(9-3-16)27(29)23(24)28/h2-13,29H,1H3,(H2,24,28)(H2,25,30,31). The normalized spacial score (nSPS) is 11.3. The molecule has 34 heavy (non-hydrogen) atoms. The van der Waals surface area contributed by atoms with Crippen molar-refractivity contribution in [3.8, 4) is 39.8 Å². The summed E-state index contributed by atoms with van der Waals surface area (Å²) in [5, 5.41) is 15.2. The van der Waals surface area contributed by atoms with Crippen LogP contribution in [0, 0.1) is 0 Å². The first-order valence-electron chi connectivity index (χ1n) is 9.85. The van der Waals surface area contributed by atoms with Gasteiger partial charge in [0.15, 0.2) is 5.76 Å². The molecule has 0 aliphatic carbocycles. The predicted molar refractivity (Wildman–Crippen MR) is 125 cm³/mol. The maximum absolute atomic E-state index is 11.6. The Balaban J connectivity index is 1.80. The molecule has 1 aromatic heterocycles. The zero-order chi connectivity index (χ0) is 24.5. The number of carbonyl (C=O) groups is 1. The van der Waals surface area contributed by atoms with Gasteiger partial charge in [0.1, 0.15) is 11.4 Å². The van der Waals surface area contributed by atoms with Crippen LogP contribution in [-0.4, -0.2) is 31.7 Å². The van der Waals surface area contributed by atoms with Crippen molar-refractivity contribution in [2.75, 3.05) is 12.2 Å². The number of ether oxygens (including phenoxy) is 1. The van der Waals surface area contributed by atoms with Crippen molar-refractivity contribution < 1.29 is 27.6 Å². The number of hydroxylamine groups is 1. The molecule has 5 N–H and O–H groups in total. The number of carbonyl (C=O) groups excluding carboxylic acids is 1. The molecule has 0 spiro atoms. The van der Waals surface area contributed by atoms with Gasteiger partial charge in [-0.2, -0.15) is 5.06 Å². The Labute approximate surface area is 195 Å². The van der Waals surface area contributed by atoms with Crippen LogP contribution >= 0.6 is 0 Å². The molecule has 0 bridgehead atoms. The van der Waals surface area contributed by atoms with E-state index in [1.54, 1.807) is 43.5 Å². The van der Waals surface area contributed by atoms with Crippen LogP contribution in [0.5, 0.6) is 5.75 Å². The number of rotatable bonds is 6. The summed E-state index contributed by atoms with van der Waals surface area (Å²) in [4.78, 5) is 15.8. The number of amides is 2. The Hall–Kier alpha value is -4.19. The number of hydrogen-bond donors (Lipinski definition) is 3. The molecule has 3 aromatic carbocycles. The first-order chi connectivity index (χ1) is 16.2. The second-order valence-electron chi connectivity index (χ2n) is 7.19. The van der Waals surface area contributed by atoms with Crippen LogP contribution in [0.1, 0.15) is 0 Å².